The molecule has 1 aromatic carbocycles. The second kappa shape index (κ2) is 7.50. The molecule has 1 fully saturated rings. The number of thiol groups is 1. The second-order valence-electron chi connectivity index (χ2n) is 5.42. The third-order valence-electron chi connectivity index (χ3n) is 4.00. The summed E-state index contributed by atoms with van der Waals surface area (Å²) < 4.78 is 0. The highest BCUT2D eigenvalue weighted by atomic mass is 32.1. The SMILES string of the molecule is O=C(O)[C@H](CS)N(C(=O)C1CCCCC1)c1ccccc1. The number of anilines is 1. The Labute approximate surface area is 130 Å². The van der Waals surface area contributed by atoms with Gasteiger partial charge in [-0.2, -0.15) is 12.6 Å². The molecule has 1 aliphatic carbocycles. The molecule has 21 heavy (non-hydrogen) atoms. The van der Waals surface area contributed by atoms with Gasteiger partial charge in [0.2, 0.25) is 5.91 Å². The first-order chi connectivity index (χ1) is 10.1. The number of hydrogen-bond donors (Lipinski definition) is 2. The van der Waals surface area contributed by atoms with Crippen LogP contribution >= 0.6 is 12.6 Å². The number of nitrogens with zero attached hydrogens (tertiary/aromatic N) is 1. The van der Waals surface area contributed by atoms with E-state index in [4.69, 9.17) is 0 Å². The summed E-state index contributed by atoms with van der Waals surface area (Å²) in [6.45, 7) is 0. The Balaban J connectivity index is 2.30. The molecule has 0 bridgehead atoms. The zero-order valence-corrected chi connectivity index (χ0v) is 12.8. The molecule has 1 N–H and O–H groups in total. The minimum Gasteiger partial charge on any atom is -0.480 e. The van der Waals surface area contributed by atoms with Gasteiger partial charge in [-0.25, -0.2) is 4.79 Å². The highest BCUT2D eigenvalue weighted by Crippen LogP contribution is 2.29. The first-order valence-electron chi connectivity index (χ1n) is 7.37. The fraction of sp³-hybridized carbons (Fsp3) is 0.500. The number of para-hydroxylation sites is 1. The fourth-order valence-electron chi connectivity index (χ4n) is 2.87. The van der Waals surface area contributed by atoms with Crippen molar-refractivity contribution in [2.24, 2.45) is 5.92 Å². The van der Waals surface area contributed by atoms with Crippen molar-refractivity contribution in [3.05, 3.63) is 30.3 Å². The molecule has 1 aliphatic rings. The number of carbonyl (C=O) groups excluding carboxylic acids is 1. The van der Waals surface area contributed by atoms with Gasteiger partial charge in [-0.1, -0.05) is 37.5 Å². The average Bonchev–Trinajstić information content (AvgIpc) is 2.53. The van der Waals surface area contributed by atoms with Crippen LogP contribution in [0.3, 0.4) is 0 Å². The maximum absolute atomic E-state index is 12.8. The Morgan fingerprint density at radius 2 is 1.81 bits per heavy atom. The first-order valence-corrected chi connectivity index (χ1v) is 8.00. The van der Waals surface area contributed by atoms with Crippen molar-refractivity contribution in [3.8, 4) is 0 Å². The van der Waals surface area contributed by atoms with Crippen molar-refractivity contribution < 1.29 is 14.7 Å². The predicted octanol–water partition coefficient (Wildman–Crippen LogP) is 2.98. The average molecular weight is 307 g/mol. The number of carboxylic acid groups (broad SMARTS) is 1. The van der Waals surface area contributed by atoms with Gasteiger partial charge in [0, 0.05) is 17.4 Å². The molecular weight excluding hydrogens is 286 g/mol. The summed E-state index contributed by atoms with van der Waals surface area (Å²) >= 11 is 4.13. The Hall–Kier alpha value is -1.49. The van der Waals surface area contributed by atoms with Crippen LogP contribution in [0.1, 0.15) is 32.1 Å². The molecule has 0 aromatic heterocycles. The molecule has 1 saturated carbocycles. The van der Waals surface area contributed by atoms with Crippen molar-refractivity contribution in [2.45, 2.75) is 38.1 Å². The number of rotatable bonds is 5. The summed E-state index contributed by atoms with van der Waals surface area (Å²) in [5.41, 5.74) is 0.634. The molecule has 1 aromatic rings. The molecule has 5 heteroatoms. The Bertz CT molecular complexity index is 486. The zero-order chi connectivity index (χ0) is 15.2. The number of aliphatic carboxylic acids is 1. The third kappa shape index (κ3) is 3.79. The summed E-state index contributed by atoms with van der Waals surface area (Å²) in [4.78, 5) is 25.7. The Kier molecular flexibility index (Phi) is 5.67. The van der Waals surface area contributed by atoms with Gasteiger partial charge in [0.15, 0.2) is 0 Å². The smallest absolute Gasteiger partial charge is 0.327 e. The summed E-state index contributed by atoms with van der Waals surface area (Å²) in [6.07, 6.45) is 4.93. The van der Waals surface area contributed by atoms with Crippen LogP contribution in [0.5, 0.6) is 0 Å². The maximum atomic E-state index is 12.8. The minimum absolute atomic E-state index is 0.0688. The number of carboxylic acids is 1. The van der Waals surface area contributed by atoms with Crippen LogP contribution in [-0.4, -0.2) is 28.8 Å². The lowest BCUT2D eigenvalue weighted by atomic mass is 9.88. The molecule has 1 atom stereocenters. The number of hydrogen-bond acceptors (Lipinski definition) is 3. The molecule has 1 amide bonds. The van der Waals surface area contributed by atoms with Gasteiger partial charge in [-0.3, -0.25) is 9.69 Å². The molecule has 0 aliphatic heterocycles. The van der Waals surface area contributed by atoms with E-state index in [1.165, 1.54) is 4.90 Å². The van der Waals surface area contributed by atoms with Crippen molar-refractivity contribution in [1.82, 2.24) is 0 Å². The van der Waals surface area contributed by atoms with Gasteiger partial charge in [-0.05, 0) is 25.0 Å². The van der Waals surface area contributed by atoms with E-state index < -0.39 is 12.0 Å². The van der Waals surface area contributed by atoms with Gasteiger partial charge in [0.05, 0.1) is 0 Å². The van der Waals surface area contributed by atoms with Crippen LogP contribution < -0.4 is 4.90 Å². The Morgan fingerprint density at radius 1 is 1.19 bits per heavy atom. The lowest BCUT2D eigenvalue weighted by molar-refractivity contribution is -0.140. The van der Waals surface area contributed by atoms with Crippen LogP contribution in [0.25, 0.3) is 0 Å². The molecule has 4 nitrogen and oxygen atoms in total. The topological polar surface area (TPSA) is 57.6 Å². The molecule has 0 unspecified atom stereocenters. The van der Waals surface area contributed by atoms with Crippen LogP contribution in [0.4, 0.5) is 5.69 Å². The van der Waals surface area contributed by atoms with Gasteiger partial charge in [0.25, 0.3) is 0 Å². The second-order valence-corrected chi connectivity index (χ2v) is 5.78. The van der Waals surface area contributed by atoms with Gasteiger partial charge in [0.1, 0.15) is 6.04 Å². The van der Waals surface area contributed by atoms with Gasteiger partial charge < -0.3 is 5.11 Å². The maximum Gasteiger partial charge on any atom is 0.327 e. The molecule has 2 rings (SSSR count). The highest BCUT2D eigenvalue weighted by Gasteiger charge is 2.34. The lowest BCUT2D eigenvalue weighted by Crippen LogP contribution is -2.49. The van der Waals surface area contributed by atoms with E-state index in [2.05, 4.69) is 12.6 Å². The quantitative estimate of drug-likeness (QED) is 0.822. The summed E-state index contributed by atoms with van der Waals surface area (Å²) in [5.74, 6) is -1.07. The highest BCUT2D eigenvalue weighted by molar-refractivity contribution is 7.80. The lowest BCUT2D eigenvalue weighted by Gasteiger charge is -2.33. The van der Waals surface area contributed by atoms with E-state index in [1.807, 2.05) is 18.2 Å². The molecular formula is C16H21NO3S. The van der Waals surface area contributed by atoms with E-state index in [0.29, 0.717) is 5.69 Å². The fourth-order valence-corrected chi connectivity index (χ4v) is 3.19. The summed E-state index contributed by atoms with van der Waals surface area (Å²) in [7, 11) is 0. The zero-order valence-electron chi connectivity index (χ0n) is 11.9. The molecule has 0 spiro atoms. The first kappa shape index (κ1) is 15.9. The van der Waals surface area contributed by atoms with E-state index in [9.17, 15) is 14.7 Å². The third-order valence-corrected chi connectivity index (χ3v) is 4.34. The van der Waals surface area contributed by atoms with E-state index >= 15 is 0 Å². The Morgan fingerprint density at radius 3 is 2.33 bits per heavy atom. The minimum atomic E-state index is -1.02. The molecule has 0 radical (unpaired) electrons. The number of benzene rings is 1. The van der Waals surface area contributed by atoms with Crippen molar-refractivity contribution >= 4 is 30.2 Å². The van der Waals surface area contributed by atoms with Crippen LogP contribution in [0.15, 0.2) is 30.3 Å². The van der Waals surface area contributed by atoms with Crippen LogP contribution in [0.2, 0.25) is 0 Å². The number of carbonyl (C=O) groups is 2. The van der Waals surface area contributed by atoms with Crippen LogP contribution in [0, 0.1) is 5.92 Å². The molecule has 0 heterocycles. The monoisotopic (exact) mass is 307 g/mol. The van der Waals surface area contributed by atoms with Crippen LogP contribution in [-0.2, 0) is 9.59 Å². The molecule has 114 valence electrons. The summed E-state index contributed by atoms with van der Waals surface area (Å²) in [5, 5.41) is 9.41. The van der Waals surface area contributed by atoms with Crippen molar-refractivity contribution in [2.75, 3.05) is 10.7 Å². The van der Waals surface area contributed by atoms with E-state index in [0.717, 1.165) is 32.1 Å². The van der Waals surface area contributed by atoms with Crippen molar-refractivity contribution in [1.29, 1.82) is 0 Å². The van der Waals surface area contributed by atoms with E-state index in [1.54, 1.807) is 12.1 Å². The largest absolute Gasteiger partial charge is 0.480 e. The standard InChI is InChI=1S/C16H21NO3S/c18-15(12-7-3-1-4-8-12)17(14(11-21)16(19)20)13-9-5-2-6-10-13/h2,5-6,9-10,12,14,21H,1,3-4,7-8,11H2,(H,19,20)/t14-/m0/s1. The number of amides is 1. The van der Waals surface area contributed by atoms with Gasteiger partial charge >= 0.3 is 5.97 Å². The molecule has 0 saturated heterocycles. The van der Waals surface area contributed by atoms with Crippen molar-refractivity contribution in [3.63, 3.8) is 0 Å². The van der Waals surface area contributed by atoms with Gasteiger partial charge in [-0.15, -0.1) is 0 Å². The normalized spacial score (nSPS) is 17.2. The predicted molar refractivity (Wildman–Crippen MR) is 85.8 cm³/mol. The van der Waals surface area contributed by atoms with E-state index in [-0.39, 0.29) is 17.6 Å². The summed E-state index contributed by atoms with van der Waals surface area (Å²) in [6, 6.07) is 8.11.